The molecule has 0 saturated carbocycles. The monoisotopic (exact) mass is 314 g/mol. The summed E-state index contributed by atoms with van der Waals surface area (Å²) in [5.41, 5.74) is -0.637. The van der Waals surface area contributed by atoms with E-state index in [0.29, 0.717) is 19.0 Å². The Morgan fingerprint density at radius 1 is 1.10 bits per heavy atom. The number of aryl methyl sites for hydroxylation is 1. The molecule has 0 atom stereocenters. The van der Waals surface area contributed by atoms with Crippen LogP contribution in [0.2, 0.25) is 0 Å². The van der Waals surface area contributed by atoms with E-state index >= 15 is 0 Å². The summed E-state index contributed by atoms with van der Waals surface area (Å²) in [6, 6.07) is 3.81. The van der Waals surface area contributed by atoms with Gasteiger partial charge in [0.15, 0.2) is 0 Å². The van der Waals surface area contributed by atoms with E-state index in [0.717, 1.165) is 6.07 Å². The third-order valence-electron chi connectivity index (χ3n) is 2.48. The van der Waals surface area contributed by atoms with Crippen molar-refractivity contribution in [1.82, 2.24) is 0 Å². The van der Waals surface area contributed by atoms with Crippen LogP contribution in [0.3, 0.4) is 0 Å². The van der Waals surface area contributed by atoms with Gasteiger partial charge in [-0.05, 0) is 39.8 Å². The average Bonchev–Trinajstić information content (AvgIpc) is 2.21. The SMILES string of the molecule is Cc1cc(OCCOC(C)(C)C)ccc1[B-](F)(F)F.[K+]. The van der Waals surface area contributed by atoms with Crippen LogP contribution in [0.25, 0.3) is 0 Å². The van der Waals surface area contributed by atoms with Crippen molar-refractivity contribution in [3.05, 3.63) is 23.8 Å². The molecule has 0 aliphatic rings. The second-order valence-corrected chi connectivity index (χ2v) is 5.40. The molecule has 0 spiro atoms. The zero-order valence-corrected chi connectivity index (χ0v) is 15.8. The van der Waals surface area contributed by atoms with E-state index < -0.39 is 12.4 Å². The minimum atomic E-state index is -4.96. The van der Waals surface area contributed by atoms with E-state index in [-0.39, 0.29) is 62.5 Å². The molecule has 0 bridgehead atoms. The van der Waals surface area contributed by atoms with Crippen LogP contribution >= 0.6 is 0 Å². The molecule has 1 rings (SSSR count). The quantitative estimate of drug-likeness (QED) is 0.573. The summed E-state index contributed by atoms with van der Waals surface area (Å²) < 4.78 is 48.7. The van der Waals surface area contributed by atoms with Gasteiger partial charge < -0.3 is 22.4 Å². The van der Waals surface area contributed by atoms with Crippen molar-refractivity contribution in [2.45, 2.75) is 33.3 Å². The van der Waals surface area contributed by atoms with Gasteiger partial charge in [-0.25, -0.2) is 0 Å². The van der Waals surface area contributed by atoms with Gasteiger partial charge in [0.1, 0.15) is 12.4 Å². The Hall–Kier alpha value is 0.471. The van der Waals surface area contributed by atoms with Crippen LogP contribution in [-0.2, 0) is 4.74 Å². The van der Waals surface area contributed by atoms with Gasteiger partial charge in [-0.1, -0.05) is 11.6 Å². The Labute approximate surface area is 160 Å². The third-order valence-corrected chi connectivity index (χ3v) is 2.48. The van der Waals surface area contributed by atoms with E-state index in [4.69, 9.17) is 9.47 Å². The van der Waals surface area contributed by atoms with Crippen LogP contribution in [0.1, 0.15) is 26.3 Å². The molecule has 20 heavy (non-hydrogen) atoms. The molecular formula is C13H19BF3KO2. The molecule has 108 valence electrons. The molecule has 7 heteroatoms. The molecule has 0 aliphatic carbocycles. The summed E-state index contributed by atoms with van der Waals surface area (Å²) in [4.78, 5) is 0. The average molecular weight is 314 g/mol. The van der Waals surface area contributed by atoms with Gasteiger partial charge in [0, 0.05) is 0 Å². The van der Waals surface area contributed by atoms with Crippen molar-refractivity contribution in [3.8, 4) is 5.75 Å². The summed E-state index contributed by atoms with van der Waals surface area (Å²) in [7, 11) is 0. The minimum absolute atomic E-state index is 0. The maximum atomic E-state index is 12.6. The number of hydrogen-bond acceptors (Lipinski definition) is 2. The topological polar surface area (TPSA) is 18.5 Å². The Balaban J connectivity index is 0.00000361. The first-order valence-corrected chi connectivity index (χ1v) is 6.17. The molecule has 1 aromatic rings. The molecule has 0 radical (unpaired) electrons. The fraction of sp³-hybridized carbons (Fsp3) is 0.538. The zero-order chi connectivity index (χ0) is 14.7. The second-order valence-electron chi connectivity index (χ2n) is 5.40. The van der Waals surface area contributed by atoms with E-state index in [2.05, 4.69) is 0 Å². The van der Waals surface area contributed by atoms with Gasteiger partial charge in [-0.3, -0.25) is 0 Å². The molecule has 0 heterocycles. The summed E-state index contributed by atoms with van der Waals surface area (Å²) in [6.07, 6.45) is 0. The van der Waals surface area contributed by atoms with Crippen LogP contribution in [0.5, 0.6) is 5.75 Å². The molecule has 0 aliphatic heterocycles. The minimum Gasteiger partial charge on any atom is -0.491 e. The standard InChI is InChI=1S/C13H19BF3O2.K/c1-10-9-11(5-6-12(10)14(15,16)17)18-7-8-19-13(2,3)4;/h5-6,9H,7-8H2,1-4H3;/q-1;+1. The summed E-state index contributed by atoms with van der Waals surface area (Å²) in [6.45, 7) is 2.96. The Morgan fingerprint density at radius 3 is 2.15 bits per heavy atom. The van der Waals surface area contributed by atoms with Gasteiger partial charge in [0.25, 0.3) is 0 Å². The zero-order valence-electron chi connectivity index (χ0n) is 12.7. The van der Waals surface area contributed by atoms with Gasteiger partial charge in [-0.15, -0.1) is 5.46 Å². The van der Waals surface area contributed by atoms with Crippen LogP contribution in [-0.4, -0.2) is 25.8 Å². The van der Waals surface area contributed by atoms with Crippen LogP contribution in [0.4, 0.5) is 12.9 Å². The van der Waals surface area contributed by atoms with Crippen molar-refractivity contribution in [2.75, 3.05) is 13.2 Å². The van der Waals surface area contributed by atoms with Crippen LogP contribution < -0.4 is 61.6 Å². The number of hydrogen-bond donors (Lipinski definition) is 0. The fourth-order valence-corrected chi connectivity index (χ4v) is 1.61. The van der Waals surface area contributed by atoms with Crippen LogP contribution in [0.15, 0.2) is 18.2 Å². The largest absolute Gasteiger partial charge is 1.00 e. The van der Waals surface area contributed by atoms with E-state index in [9.17, 15) is 12.9 Å². The maximum Gasteiger partial charge on any atom is 1.00 e. The fourth-order valence-electron chi connectivity index (χ4n) is 1.61. The van der Waals surface area contributed by atoms with E-state index in [1.165, 1.54) is 19.1 Å². The number of benzene rings is 1. The number of rotatable bonds is 5. The molecule has 1 aromatic carbocycles. The Bertz CT molecular complexity index is 431. The number of halogens is 3. The van der Waals surface area contributed by atoms with Crippen LogP contribution in [0, 0.1) is 6.92 Å². The predicted octanol–water partition coefficient (Wildman–Crippen LogP) is 0.247. The van der Waals surface area contributed by atoms with Crippen molar-refractivity contribution < 1.29 is 73.8 Å². The van der Waals surface area contributed by atoms with Crippen molar-refractivity contribution >= 4 is 12.4 Å². The molecule has 0 saturated heterocycles. The number of ether oxygens (including phenoxy) is 2. The molecule has 0 N–H and O–H groups in total. The first kappa shape index (κ1) is 20.5. The summed E-state index contributed by atoms with van der Waals surface area (Å²) in [5, 5.41) is 0. The second kappa shape index (κ2) is 8.20. The molecule has 0 unspecified atom stereocenters. The van der Waals surface area contributed by atoms with Gasteiger partial charge >= 0.3 is 58.4 Å². The Kier molecular flexibility index (Phi) is 8.39. The molecular weight excluding hydrogens is 295 g/mol. The van der Waals surface area contributed by atoms with Crippen molar-refractivity contribution in [1.29, 1.82) is 0 Å². The first-order valence-electron chi connectivity index (χ1n) is 6.17. The third kappa shape index (κ3) is 7.47. The molecule has 0 fully saturated rings. The van der Waals surface area contributed by atoms with Gasteiger partial charge in [0.05, 0.1) is 12.2 Å². The summed E-state index contributed by atoms with van der Waals surface area (Å²) >= 11 is 0. The Morgan fingerprint density at radius 2 is 1.70 bits per heavy atom. The predicted molar refractivity (Wildman–Crippen MR) is 71.1 cm³/mol. The summed E-state index contributed by atoms with van der Waals surface area (Å²) in [5.74, 6) is 0.429. The van der Waals surface area contributed by atoms with Crippen molar-refractivity contribution in [2.24, 2.45) is 0 Å². The first-order chi connectivity index (χ1) is 8.59. The van der Waals surface area contributed by atoms with Gasteiger partial charge in [-0.2, -0.15) is 0 Å². The smallest absolute Gasteiger partial charge is 0.491 e. The van der Waals surface area contributed by atoms with Gasteiger partial charge in [0.2, 0.25) is 0 Å². The molecule has 2 nitrogen and oxygen atoms in total. The maximum absolute atomic E-state index is 12.6. The van der Waals surface area contributed by atoms with Crippen molar-refractivity contribution in [3.63, 3.8) is 0 Å². The molecule has 0 aromatic heterocycles. The van der Waals surface area contributed by atoms with E-state index in [1.54, 1.807) is 0 Å². The van der Waals surface area contributed by atoms with E-state index in [1.807, 2.05) is 20.8 Å². The normalized spacial score (nSPS) is 11.9. The molecule has 0 amide bonds.